The first-order valence-corrected chi connectivity index (χ1v) is 24.5. The fraction of sp³-hybridized carbons (Fsp3) is 0.177. The Labute approximate surface area is 420 Å². The molecule has 0 atom stereocenters. The predicted octanol–water partition coefficient (Wildman–Crippen LogP) is 14.6. The molecule has 0 bridgehead atoms. The molecule has 354 valence electrons. The topological polar surface area (TPSA) is 108 Å². The van der Waals surface area contributed by atoms with Gasteiger partial charge in [0.1, 0.15) is 12.1 Å². The number of anilines is 3. The normalized spacial score (nSPS) is 11.5. The van der Waals surface area contributed by atoms with Crippen molar-refractivity contribution in [1.29, 1.82) is 0 Å². The summed E-state index contributed by atoms with van der Waals surface area (Å²) in [5.41, 5.74) is 23.2. The molecule has 10 nitrogen and oxygen atoms in total. The molecular formula is C62H55N9O. The van der Waals surface area contributed by atoms with Gasteiger partial charge in [0.15, 0.2) is 22.9 Å². The van der Waals surface area contributed by atoms with Crippen molar-refractivity contribution >= 4 is 50.2 Å². The Kier molecular flexibility index (Phi) is 11.8. The van der Waals surface area contributed by atoms with Crippen molar-refractivity contribution in [1.82, 2.24) is 39.5 Å². The molecule has 0 N–H and O–H groups in total. The van der Waals surface area contributed by atoms with Crippen LogP contribution in [-0.4, -0.2) is 46.1 Å². The van der Waals surface area contributed by atoms with Crippen molar-refractivity contribution < 1.29 is 4.74 Å². The molecule has 0 saturated heterocycles. The number of hydrogen-bond donors (Lipinski definition) is 0. The number of nitrogens with zero attached hydrogens (tertiary/aromatic N) is 9. The summed E-state index contributed by atoms with van der Waals surface area (Å²) in [6.45, 7) is 20.2. The summed E-state index contributed by atoms with van der Waals surface area (Å²) in [6, 6.07) is 43.1. The van der Waals surface area contributed by atoms with Gasteiger partial charge in [0, 0.05) is 57.7 Å². The quantitative estimate of drug-likeness (QED) is 0.125. The highest BCUT2D eigenvalue weighted by Gasteiger charge is 2.25. The van der Waals surface area contributed by atoms with Crippen LogP contribution in [0.15, 0.2) is 146 Å². The molecule has 7 aromatic carbocycles. The van der Waals surface area contributed by atoms with Crippen LogP contribution in [0.3, 0.4) is 0 Å². The number of hydrogen-bond acceptors (Lipinski definition) is 9. The average Bonchev–Trinajstić information content (AvgIpc) is 3.69. The Hall–Kier alpha value is -8.63. The van der Waals surface area contributed by atoms with E-state index in [4.69, 9.17) is 19.7 Å². The van der Waals surface area contributed by atoms with Gasteiger partial charge >= 0.3 is 0 Å². The summed E-state index contributed by atoms with van der Waals surface area (Å²) in [7, 11) is 0. The number of ether oxygens (including phenoxy) is 1. The molecule has 0 aliphatic carbocycles. The van der Waals surface area contributed by atoms with Gasteiger partial charge < -0.3 is 14.2 Å². The monoisotopic (exact) mass is 941 g/mol. The maximum absolute atomic E-state index is 6.70. The molecule has 0 aliphatic rings. The molecule has 0 aliphatic heterocycles. The van der Waals surface area contributed by atoms with E-state index in [2.05, 4.69) is 183 Å². The van der Waals surface area contributed by atoms with Gasteiger partial charge in [-0.05, 0) is 167 Å². The molecule has 0 unspecified atom stereocenters. The number of rotatable bonds is 11. The predicted molar refractivity (Wildman–Crippen MR) is 292 cm³/mol. The van der Waals surface area contributed by atoms with Gasteiger partial charge in [-0.1, -0.05) is 72.3 Å². The molecular weight excluding hydrogens is 887 g/mol. The Balaban J connectivity index is 0.921. The van der Waals surface area contributed by atoms with Crippen LogP contribution >= 0.6 is 0 Å². The number of aryl methyl sites for hydroxylation is 4. The van der Waals surface area contributed by atoms with E-state index in [0.29, 0.717) is 29.6 Å². The minimum atomic E-state index is 0.510. The Morgan fingerprint density at radius 3 is 1.94 bits per heavy atom. The van der Waals surface area contributed by atoms with Crippen LogP contribution in [0.4, 0.5) is 17.1 Å². The Morgan fingerprint density at radius 2 is 1.19 bits per heavy atom. The van der Waals surface area contributed by atoms with Crippen LogP contribution in [0.5, 0.6) is 5.75 Å². The second kappa shape index (κ2) is 18.6. The van der Waals surface area contributed by atoms with E-state index in [1.165, 1.54) is 38.8 Å². The zero-order valence-electron chi connectivity index (χ0n) is 42.2. The molecule has 0 radical (unpaired) electrons. The van der Waals surface area contributed by atoms with E-state index in [9.17, 15) is 0 Å². The van der Waals surface area contributed by atoms with Crippen molar-refractivity contribution in [3.05, 3.63) is 202 Å². The van der Waals surface area contributed by atoms with Crippen LogP contribution in [-0.2, 0) is 6.42 Å². The van der Waals surface area contributed by atoms with Crippen LogP contribution < -0.4 is 9.64 Å². The summed E-state index contributed by atoms with van der Waals surface area (Å²) in [5, 5.41) is 2.31. The van der Waals surface area contributed by atoms with Crippen molar-refractivity contribution in [2.75, 3.05) is 11.5 Å². The standard InChI is InChI=1S/C62H55N9O/c1-36-20-22-53-50(30-36)51-33-49(21-23-54(51)71(53)57-39(4)31-38(3)55(44(57)9)60-67-35-66-59(69-60)46-16-12-10-13-17-46)72-27-24-45-28-37(2)29-48(32-45)70(47-18-14-11-15-19-47)58-42(7)40(5)56(41(6)43(58)8)52-34-65-61-62(68-52)64-26-25-63-61/h10-23,25-26,28-35H,24,27H2,1-9H3. The molecule has 11 rings (SSSR count). The summed E-state index contributed by atoms with van der Waals surface area (Å²) >= 11 is 0. The van der Waals surface area contributed by atoms with Gasteiger partial charge in [0.2, 0.25) is 0 Å². The van der Waals surface area contributed by atoms with Crippen molar-refractivity contribution in [3.63, 3.8) is 0 Å². The second-order valence-corrected chi connectivity index (χ2v) is 19.0. The fourth-order valence-corrected chi connectivity index (χ4v) is 10.7. The van der Waals surface area contributed by atoms with Gasteiger partial charge in [-0.15, -0.1) is 0 Å². The highest BCUT2D eigenvalue weighted by molar-refractivity contribution is 6.10. The largest absolute Gasteiger partial charge is 0.493 e. The first kappa shape index (κ1) is 45.8. The molecule has 0 amide bonds. The molecule has 4 aromatic heterocycles. The summed E-state index contributed by atoms with van der Waals surface area (Å²) < 4.78 is 9.10. The van der Waals surface area contributed by atoms with E-state index in [0.717, 1.165) is 96.0 Å². The third kappa shape index (κ3) is 8.18. The lowest BCUT2D eigenvalue weighted by molar-refractivity contribution is 0.322. The Bertz CT molecular complexity index is 3870. The van der Waals surface area contributed by atoms with Crippen molar-refractivity contribution in [3.8, 4) is 45.5 Å². The minimum absolute atomic E-state index is 0.510. The minimum Gasteiger partial charge on any atom is -0.493 e. The van der Waals surface area contributed by atoms with Crippen molar-refractivity contribution in [2.45, 2.75) is 68.7 Å². The van der Waals surface area contributed by atoms with Crippen LogP contribution in [0.1, 0.15) is 55.6 Å². The van der Waals surface area contributed by atoms with Gasteiger partial charge in [-0.3, -0.25) is 0 Å². The lowest BCUT2D eigenvalue weighted by Gasteiger charge is -2.32. The van der Waals surface area contributed by atoms with E-state index >= 15 is 0 Å². The fourth-order valence-electron chi connectivity index (χ4n) is 10.7. The van der Waals surface area contributed by atoms with E-state index < -0.39 is 0 Å². The van der Waals surface area contributed by atoms with Gasteiger partial charge in [0.25, 0.3) is 0 Å². The van der Waals surface area contributed by atoms with E-state index in [1.807, 2.05) is 36.5 Å². The smallest absolute Gasteiger partial charge is 0.198 e. The third-order valence-electron chi connectivity index (χ3n) is 14.2. The number of benzene rings is 7. The molecule has 72 heavy (non-hydrogen) atoms. The zero-order chi connectivity index (χ0) is 49.8. The maximum atomic E-state index is 6.70. The SMILES string of the molecule is Cc1cc(CCOc2ccc3c(c2)c2cc(C)ccc2n3-c2c(C)cc(C)c(-c3ncnc(-c4ccccc4)n3)c2C)cc(N(c2ccccc2)c2c(C)c(C)c(-c3cnc4nccnc4n3)c(C)c2C)c1. The summed E-state index contributed by atoms with van der Waals surface area (Å²) in [4.78, 5) is 35.0. The van der Waals surface area contributed by atoms with Gasteiger partial charge in [-0.2, -0.15) is 0 Å². The third-order valence-corrected chi connectivity index (χ3v) is 14.2. The number of aromatic nitrogens is 8. The van der Waals surface area contributed by atoms with E-state index in [1.54, 1.807) is 18.7 Å². The highest BCUT2D eigenvalue weighted by Crippen LogP contribution is 2.45. The second-order valence-electron chi connectivity index (χ2n) is 19.0. The molecule has 11 aromatic rings. The van der Waals surface area contributed by atoms with Crippen LogP contribution in [0, 0.1) is 62.3 Å². The lowest BCUT2D eigenvalue weighted by atomic mass is 9.89. The van der Waals surface area contributed by atoms with Crippen LogP contribution in [0.25, 0.3) is 72.8 Å². The molecule has 10 heteroatoms. The molecule has 4 heterocycles. The first-order valence-electron chi connectivity index (χ1n) is 24.5. The first-order chi connectivity index (χ1) is 34.9. The summed E-state index contributed by atoms with van der Waals surface area (Å²) in [5.74, 6) is 2.15. The highest BCUT2D eigenvalue weighted by atomic mass is 16.5. The number of fused-ring (bicyclic) bond motifs is 4. The molecule has 0 saturated carbocycles. The zero-order valence-corrected chi connectivity index (χ0v) is 42.2. The summed E-state index contributed by atoms with van der Waals surface area (Å²) in [6.07, 6.45) is 7.46. The lowest BCUT2D eigenvalue weighted by Crippen LogP contribution is -2.16. The van der Waals surface area contributed by atoms with Crippen molar-refractivity contribution in [2.24, 2.45) is 0 Å². The van der Waals surface area contributed by atoms with Crippen LogP contribution in [0.2, 0.25) is 0 Å². The molecule has 0 fully saturated rings. The van der Waals surface area contributed by atoms with Gasteiger partial charge in [0.05, 0.1) is 40.9 Å². The van der Waals surface area contributed by atoms with E-state index in [-0.39, 0.29) is 0 Å². The maximum Gasteiger partial charge on any atom is 0.198 e. The number of para-hydroxylation sites is 1. The average molecular weight is 942 g/mol. The molecule has 0 spiro atoms. The van der Waals surface area contributed by atoms with Gasteiger partial charge in [-0.25, -0.2) is 34.9 Å². The Morgan fingerprint density at radius 1 is 0.514 bits per heavy atom.